The molecular formula is C24H23F2N7O2. The Morgan fingerprint density at radius 2 is 1.86 bits per heavy atom. The van der Waals surface area contributed by atoms with E-state index in [9.17, 15) is 18.4 Å². The van der Waals surface area contributed by atoms with Gasteiger partial charge >= 0.3 is 0 Å². The average Bonchev–Trinajstić information content (AvgIpc) is 3.37. The number of amides is 1. The summed E-state index contributed by atoms with van der Waals surface area (Å²) in [6.07, 6.45) is 0.802. The number of carbonyl (C=O) groups is 1. The van der Waals surface area contributed by atoms with Crippen LogP contribution in [0, 0.1) is 18.6 Å². The third kappa shape index (κ3) is 3.93. The lowest BCUT2D eigenvalue weighted by Crippen LogP contribution is -2.28. The van der Waals surface area contributed by atoms with Crippen LogP contribution in [0.25, 0.3) is 16.7 Å². The van der Waals surface area contributed by atoms with Crippen molar-refractivity contribution < 1.29 is 13.6 Å². The molecule has 3 N–H and O–H groups in total. The molecule has 2 aromatic heterocycles. The monoisotopic (exact) mass is 479 g/mol. The quantitative estimate of drug-likeness (QED) is 0.465. The second-order valence-electron chi connectivity index (χ2n) is 8.54. The number of aromatic nitrogens is 4. The first-order chi connectivity index (χ1) is 16.7. The molecule has 1 fully saturated rings. The van der Waals surface area contributed by atoms with Gasteiger partial charge < -0.3 is 20.5 Å². The molecule has 3 heterocycles. The third-order valence-electron chi connectivity index (χ3n) is 6.22. The number of halogens is 2. The van der Waals surface area contributed by atoms with E-state index in [0.717, 1.165) is 47.2 Å². The minimum atomic E-state index is -0.971. The van der Waals surface area contributed by atoms with Crippen molar-refractivity contribution in [2.75, 3.05) is 23.3 Å². The van der Waals surface area contributed by atoms with Crippen LogP contribution in [0.1, 0.15) is 22.7 Å². The molecule has 0 radical (unpaired) electrons. The normalized spacial score (nSPS) is 15.7. The van der Waals surface area contributed by atoms with Crippen molar-refractivity contribution in [2.45, 2.75) is 19.4 Å². The number of rotatable bonds is 4. The fourth-order valence-electron chi connectivity index (χ4n) is 4.34. The predicted molar refractivity (Wildman–Crippen MR) is 128 cm³/mol. The third-order valence-corrected chi connectivity index (χ3v) is 6.22. The number of para-hydroxylation sites is 1. The number of nitrogens with zero attached hydrogens (tertiary/aromatic N) is 5. The molecule has 180 valence electrons. The summed E-state index contributed by atoms with van der Waals surface area (Å²) in [5.74, 6) is -1.78. The number of carbonyl (C=O) groups excluding carboxylic acids is 1. The van der Waals surface area contributed by atoms with Gasteiger partial charge in [0, 0.05) is 32.2 Å². The summed E-state index contributed by atoms with van der Waals surface area (Å²) in [5, 5.41) is 6.77. The zero-order chi connectivity index (χ0) is 24.9. The van der Waals surface area contributed by atoms with Crippen molar-refractivity contribution in [1.82, 2.24) is 19.3 Å². The van der Waals surface area contributed by atoms with Crippen LogP contribution in [0.4, 0.5) is 20.2 Å². The molecule has 1 aliphatic rings. The number of fused-ring (bicyclic) bond motifs is 1. The number of benzene rings is 2. The lowest BCUT2D eigenvalue weighted by Gasteiger charge is -2.22. The predicted octanol–water partition coefficient (Wildman–Crippen LogP) is 2.50. The number of hydrogen-bond acceptors (Lipinski definition) is 6. The fraction of sp³-hybridized carbons (Fsp3) is 0.250. The van der Waals surface area contributed by atoms with Crippen molar-refractivity contribution in [3.63, 3.8) is 0 Å². The fourth-order valence-corrected chi connectivity index (χ4v) is 4.34. The van der Waals surface area contributed by atoms with E-state index >= 15 is 0 Å². The molecule has 1 saturated heterocycles. The van der Waals surface area contributed by atoms with Gasteiger partial charge in [-0.3, -0.25) is 9.59 Å². The molecular weight excluding hydrogens is 456 g/mol. The zero-order valence-corrected chi connectivity index (χ0v) is 19.1. The molecule has 11 heteroatoms. The number of aryl methyl sites for hydroxylation is 2. The molecule has 5 rings (SSSR count). The zero-order valence-electron chi connectivity index (χ0n) is 19.1. The van der Waals surface area contributed by atoms with E-state index in [1.165, 1.54) is 12.1 Å². The topological polar surface area (TPSA) is 111 Å². The largest absolute Gasteiger partial charge is 0.366 e. The Bertz CT molecular complexity index is 1510. The molecule has 9 nitrogen and oxygen atoms in total. The number of nitrogens with one attached hydrogen (secondary N) is 1. The van der Waals surface area contributed by atoms with Crippen LogP contribution in [0.2, 0.25) is 0 Å². The highest BCUT2D eigenvalue weighted by atomic mass is 19.1. The summed E-state index contributed by atoms with van der Waals surface area (Å²) in [5.41, 5.74) is 7.38. The van der Waals surface area contributed by atoms with Crippen LogP contribution in [0.5, 0.6) is 0 Å². The lowest BCUT2D eigenvalue weighted by atomic mass is 10.2. The van der Waals surface area contributed by atoms with Gasteiger partial charge in [-0.05, 0) is 43.7 Å². The van der Waals surface area contributed by atoms with Crippen LogP contribution >= 0.6 is 0 Å². The number of imidazole rings is 1. The Balaban J connectivity index is 1.56. The maximum Gasteiger partial charge on any atom is 0.276 e. The molecule has 1 atom stereocenters. The van der Waals surface area contributed by atoms with Crippen molar-refractivity contribution in [2.24, 2.45) is 12.8 Å². The molecule has 0 aliphatic carbocycles. The van der Waals surface area contributed by atoms with Gasteiger partial charge in [-0.1, -0.05) is 6.07 Å². The highest BCUT2D eigenvalue weighted by Gasteiger charge is 2.26. The second-order valence-corrected chi connectivity index (χ2v) is 8.54. The molecule has 1 aliphatic heterocycles. The van der Waals surface area contributed by atoms with Crippen LogP contribution < -0.4 is 21.5 Å². The van der Waals surface area contributed by atoms with Crippen LogP contribution in [-0.2, 0) is 7.05 Å². The summed E-state index contributed by atoms with van der Waals surface area (Å²) in [6.45, 7) is 3.20. The van der Waals surface area contributed by atoms with Gasteiger partial charge in [-0.2, -0.15) is 9.78 Å². The summed E-state index contributed by atoms with van der Waals surface area (Å²) in [6, 6.07) is 9.07. The van der Waals surface area contributed by atoms with Gasteiger partial charge in [0.2, 0.25) is 0 Å². The number of nitrogens with two attached hydrogens (primary N) is 1. The Hall–Kier alpha value is -4.12. The van der Waals surface area contributed by atoms with E-state index in [-0.39, 0.29) is 11.7 Å². The first kappa shape index (κ1) is 22.7. The maximum absolute atomic E-state index is 14.3. The van der Waals surface area contributed by atoms with Crippen molar-refractivity contribution in [3.05, 3.63) is 76.0 Å². The first-order valence-corrected chi connectivity index (χ1v) is 11.1. The van der Waals surface area contributed by atoms with Crippen molar-refractivity contribution in [3.8, 4) is 5.69 Å². The first-order valence-electron chi connectivity index (χ1n) is 11.1. The molecule has 1 amide bonds. The number of hydrogen-bond donors (Lipinski definition) is 2. The molecule has 35 heavy (non-hydrogen) atoms. The minimum Gasteiger partial charge on any atom is -0.366 e. The molecule has 0 bridgehead atoms. The molecule has 0 saturated carbocycles. The summed E-state index contributed by atoms with van der Waals surface area (Å²) >= 11 is 0. The molecule has 0 spiro atoms. The van der Waals surface area contributed by atoms with Gasteiger partial charge in [0.15, 0.2) is 11.6 Å². The van der Waals surface area contributed by atoms with Crippen LogP contribution in [0.15, 0.2) is 47.3 Å². The van der Waals surface area contributed by atoms with Crippen LogP contribution in [0.3, 0.4) is 0 Å². The lowest BCUT2D eigenvalue weighted by molar-refractivity contribution is 0.102. The van der Waals surface area contributed by atoms with E-state index in [2.05, 4.69) is 15.3 Å². The van der Waals surface area contributed by atoms with E-state index < -0.39 is 28.8 Å². The molecule has 2 aromatic carbocycles. The standard InChI is InChI=1S/C24H23F2N7O2/c1-13-28-21-19(31(13)2)8-6-17(23(21)32-11-10-14(27)12-32)29-24(35)18-7-9-20(34)33(30-18)22-15(25)4-3-5-16(22)26/h3-9,14H,10-12,27H2,1-2H3,(H,29,35)/t14-/m1/s1. The molecule has 0 unspecified atom stereocenters. The Labute approximate surface area is 198 Å². The van der Waals surface area contributed by atoms with Gasteiger partial charge in [0.1, 0.15) is 22.7 Å². The van der Waals surface area contributed by atoms with E-state index in [1.54, 1.807) is 6.07 Å². The van der Waals surface area contributed by atoms with Gasteiger partial charge in [-0.15, -0.1) is 0 Å². The van der Waals surface area contributed by atoms with E-state index in [1.807, 2.05) is 24.6 Å². The number of anilines is 2. The highest BCUT2D eigenvalue weighted by Crippen LogP contribution is 2.36. The average molecular weight is 479 g/mol. The van der Waals surface area contributed by atoms with Gasteiger partial charge in [0.25, 0.3) is 11.5 Å². The Morgan fingerprint density at radius 1 is 1.11 bits per heavy atom. The highest BCUT2D eigenvalue weighted by molar-refractivity contribution is 6.08. The van der Waals surface area contributed by atoms with E-state index in [0.29, 0.717) is 23.5 Å². The van der Waals surface area contributed by atoms with Crippen molar-refractivity contribution in [1.29, 1.82) is 0 Å². The Morgan fingerprint density at radius 3 is 2.54 bits per heavy atom. The van der Waals surface area contributed by atoms with Crippen LogP contribution in [-0.4, -0.2) is 44.4 Å². The second kappa shape index (κ2) is 8.58. The van der Waals surface area contributed by atoms with Gasteiger partial charge in [0.05, 0.1) is 16.9 Å². The van der Waals surface area contributed by atoms with Gasteiger partial charge in [-0.25, -0.2) is 13.8 Å². The maximum atomic E-state index is 14.3. The van der Waals surface area contributed by atoms with Crippen molar-refractivity contribution >= 4 is 28.3 Å². The molecule has 4 aromatic rings. The Kier molecular flexibility index (Phi) is 5.56. The SMILES string of the molecule is Cc1nc2c(N3CC[C@@H](N)C3)c(NC(=O)c3ccc(=O)n(-c4c(F)cccc4F)n3)ccc2n1C. The summed E-state index contributed by atoms with van der Waals surface area (Å²) in [4.78, 5) is 32.3. The smallest absolute Gasteiger partial charge is 0.276 e. The minimum absolute atomic E-state index is 0.000458. The van der Waals surface area contributed by atoms with E-state index in [4.69, 9.17) is 10.7 Å². The summed E-state index contributed by atoms with van der Waals surface area (Å²) in [7, 11) is 1.91. The summed E-state index contributed by atoms with van der Waals surface area (Å²) < 4.78 is 31.0.